The Morgan fingerprint density at radius 2 is 1.96 bits per heavy atom. The molecular weight excluding hydrogens is 581 g/mol. The van der Waals surface area contributed by atoms with Crippen LogP contribution in [0, 0.1) is 29.0 Å². The van der Waals surface area contributed by atoms with Gasteiger partial charge in [-0.05, 0) is 90.7 Å². The molecule has 1 saturated carbocycles. The summed E-state index contributed by atoms with van der Waals surface area (Å²) in [6.07, 6.45) is 2.30. The SMILES string of the molecule is CCOc1nc2c(F)c(-c3cc(O)cc4ccccc34)c(CCC#N)cc2c2c1cc(CCC(=O)N(C)C)n2[C@H]1[C@@H](CN)C[C@@H]1C. The van der Waals surface area contributed by atoms with Gasteiger partial charge in [-0.1, -0.05) is 31.2 Å². The van der Waals surface area contributed by atoms with Crippen LogP contribution in [-0.4, -0.2) is 52.7 Å². The lowest BCUT2D eigenvalue weighted by Gasteiger charge is -2.45. The van der Waals surface area contributed by atoms with Gasteiger partial charge in [-0.3, -0.25) is 4.79 Å². The van der Waals surface area contributed by atoms with Crippen LogP contribution in [0.25, 0.3) is 43.7 Å². The Labute approximate surface area is 268 Å². The van der Waals surface area contributed by atoms with Crippen molar-refractivity contribution in [3.05, 3.63) is 65.6 Å². The van der Waals surface area contributed by atoms with Crippen molar-refractivity contribution in [2.75, 3.05) is 27.2 Å². The molecule has 2 heterocycles. The first-order valence-electron chi connectivity index (χ1n) is 16.0. The number of pyridine rings is 1. The number of ether oxygens (including phenoxy) is 1. The molecule has 3 N–H and O–H groups in total. The second-order valence-corrected chi connectivity index (χ2v) is 12.6. The number of nitriles is 1. The molecule has 2 aromatic heterocycles. The zero-order valence-electron chi connectivity index (χ0n) is 26.8. The summed E-state index contributed by atoms with van der Waals surface area (Å²) >= 11 is 0. The van der Waals surface area contributed by atoms with E-state index in [0.717, 1.165) is 33.8 Å². The number of phenols is 1. The Bertz CT molecular complexity index is 2010. The van der Waals surface area contributed by atoms with Crippen molar-refractivity contribution in [2.24, 2.45) is 17.6 Å². The maximum absolute atomic E-state index is 17.3. The monoisotopic (exact) mass is 621 g/mol. The Balaban J connectivity index is 1.71. The van der Waals surface area contributed by atoms with Crippen molar-refractivity contribution in [1.29, 1.82) is 5.26 Å². The van der Waals surface area contributed by atoms with E-state index in [1.165, 1.54) is 0 Å². The van der Waals surface area contributed by atoms with Crippen molar-refractivity contribution in [3.63, 3.8) is 0 Å². The third-order valence-electron chi connectivity index (χ3n) is 9.48. The average Bonchev–Trinajstić information content (AvgIpc) is 3.40. The van der Waals surface area contributed by atoms with E-state index in [0.29, 0.717) is 66.3 Å². The number of halogens is 1. The van der Waals surface area contributed by atoms with Gasteiger partial charge in [0, 0.05) is 49.6 Å². The second-order valence-electron chi connectivity index (χ2n) is 12.6. The van der Waals surface area contributed by atoms with Gasteiger partial charge in [0.1, 0.15) is 11.3 Å². The molecule has 0 unspecified atom stereocenters. The number of carbonyl (C=O) groups excluding carboxylic acids is 1. The normalized spacial score (nSPS) is 17.7. The predicted octanol–water partition coefficient (Wildman–Crippen LogP) is 6.89. The van der Waals surface area contributed by atoms with Crippen LogP contribution in [0.5, 0.6) is 11.6 Å². The molecule has 9 heteroatoms. The maximum Gasteiger partial charge on any atom is 0.223 e. The van der Waals surface area contributed by atoms with Crippen LogP contribution >= 0.6 is 0 Å². The smallest absolute Gasteiger partial charge is 0.223 e. The van der Waals surface area contributed by atoms with E-state index in [-0.39, 0.29) is 35.6 Å². The van der Waals surface area contributed by atoms with Crippen LogP contribution in [0.1, 0.15) is 50.4 Å². The molecule has 3 atom stereocenters. The fourth-order valence-electron chi connectivity index (χ4n) is 7.30. The largest absolute Gasteiger partial charge is 0.508 e. The van der Waals surface area contributed by atoms with Gasteiger partial charge in [0.2, 0.25) is 11.8 Å². The number of rotatable bonds is 10. The molecule has 6 rings (SSSR count). The number of nitrogens with zero attached hydrogens (tertiary/aromatic N) is 4. The van der Waals surface area contributed by atoms with Crippen LogP contribution in [-0.2, 0) is 17.6 Å². The van der Waals surface area contributed by atoms with E-state index in [2.05, 4.69) is 17.6 Å². The number of aryl methyl sites for hydroxylation is 2. The lowest BCUT2D eigenvalue weighted by atomic mass is 9.70. The van der Waals surface area contributed by atoms with E-state index in [9.17, 15) is 15.2 Å². The van der Waals surface area contributed by atoms with Crippen molar-refractivity contribution < 1.29 is 19.0 Å². The lowest BCUT2D eigenvalue weighted by molar-refractivity contribution is -0.128. The number of fused-ring (bicyclic) bond motifs is 4. The lowest BCUT2D eigenvalue weighted by Crippen LogP contribution is -2.41. The zero-order chi connectivity index (χ0) is 32.7. The average molecular weight is 622 g/mol. The third-order valence-corrected chi connectivity index (χ3v) is 9.48. The van der Waals surface area contributed by atoms with Gasteiger partial charge >= 0.3 is 0 Å². The van der Waals surface area contributed by atoms with Crippen molar-refractivity contribution in [3.8, 4) is 28.8 Å². The summed E-state index contributed by atoms with van der Waals surface area (Å²) in [6, 6.07) is 17.1. The molecule has 0 bridgehead atoms. The van der Waals surface area contributed by atoms with E-state index < -0.39 is 5.82 Å². The molecule has 1 amide bonds. The van der Waals surface area contributed by atoms with E-state index in [1.54, 1.807) is 31.1 Å². The van der Waals surface area contributed by atoms with Crippen molar-refractivity contribution >= 4 is 38.5 Å². The summed E-state index contributed by atoms with van der Waals surface area (Å²) in [6.45, 7) is 4.93. The molecule has 0 saturated heterocycles. The highest BCUT2D eigenvalue weighted by Gasteiger charge is 2.40. The third kappa shape index (κ3) is 5.31. The molecule has 0 spiro atoms. The molecule has 3 aromatic carbocycles. The number of nitrogens with two attached hydrogens (primary N) is 1. The number of amides is 1. The van der Waals surface area contributed by atoms with E-state index >= 15 is 4.39 Å². The number of aromatic hydroxyl groups is 1. The number of hydrogen-bond acceptors (Lipinski definition) is 6. The first kappa shape index (κ1) is 31.3. The summed E-state index contributed by atoms with van der Waals surface area (Å²) < 4.78 is 25.6. The van der Waals surface area contributed by atoms with Crippen LogP contribution < -0.4 is 10.5 Å². The van der Waals surface area contributed by atoms with Crippen LogP contribution in [0.15, 0.2) is 48.5 Å². The summed E-state index contributed by atoms with van der Waals surface area (Å²) in [5.74, 6) is 0.402. The van der Waals surface area contributed by atoms with Gasteiger partial charge < -0.3 is 25.0 Å². The Hall–Kier alpha value is -4.68. The number of hydrogen-bond donors (Lipinski definition) is 2. The summed E-state index contributed by atoms with van der Waals surface area (Å²) in [5.41, 5.74) is 9.69. The quantitative estimate of drug-likeness (QED) is 0.175. The highest BCUT2D eigenvalue weighted by molar-refractivity contribution is 6.10. The second kappa shape index (κ2) is 12.6. The van der Waals surface area contributed by atoms with Gasteiger partial charge in [0.05, 0.1) is 23.6 Å². The zero-order valence-corrected chi connectivity index (χ0v) is 26.8. The highest BCUT2D eigenvalue weighted by Crippen LogP contribution is 2.49. The molecule has 238 valence electrons. The topological polar surface area (TPSA) is 117 Å². The Kier molecular flexibility index (Phi) is 8.58. The van der Waals surface area contributed by atoms with Gasteiger partial charge in [0.15, 0.2) is 5.82 Å². The molecule has 1 fully saturated rings. The molecular formula is C37H40FN5O3. The number of phenolic OH excluding ortho intramolecular Hbond substituents is 1. The minimum absolute atomic E-state index is 0.0228. The molecule has 5 aromatic rings. The highest BCUT2D eigenvalue weighted by atomic mass is 19.1. The van der Waals surface area contributed by atoms with Crippen LogP contribution in [0.3, 0.4) is 0 Å². The maximum atomic E-state index is 17.3. The molecule has 1 aliphatic rings. The van der Waals surface area contributed by atoms with Crippen LogP contribution in [0.4, 0.5) is 4.39 Å². The van der Waals surface area contributed by atoms with Crippen molar-refractivity contribution in [2.45, 2.75) is 52.0 Å². The van der Waals surface area contributed by atoms with E-state index in [4.69, 9.17) is 15.5 Å². The standard InChI is InChI=1S/C37H40FN5O3/c1-5-46-37-30-18-25(12-13-31(45)42(3)4)43(35-21(2)15-24(35)20-40)36(30)29-17-23(10-8-14-39)32(33(38)34(29)41-37)28-19-26(44)16-22-9-6-7-11-27(22)28/h6-7,9,11,16-19,21,24,35,44H,5,8,10,12-13,15,20,40H2,1-4H3/t21-,24+,35+/m0/s1. The van der Waals surface area contributed by atoms with Gasteiger partial charge in [-0.15, -0.1) is 0 Å². The number of aromatic nitrogens is 2. The minimum Gasteiger partial charge on any atom is -0.508 e. The Morgan fingerprint density at radius 1 is 1.17 bits per heavy atom. The van der Waals surface area contributed by atoms with Crippen molar-refractivity contribution in [1.82, 2.24) is 14.5 Å². The molecule has 46 heavy (non-hydrogen) atoms. The first-order valence-corrected chi connectivity index (χ1v) is 16.0. The fourth-order valence-corrected chi connectivity index (χ4v) is 7.30. The summed E-state index contributed by atoms with van der Waals surface area (Å²) in [4.78, 5) is 19.1. The van der Waals surface area contributed by atoms with Gasteiger partial charge in [0.25, 0.3) is 0 Å². The molecule has 1 aliphatic carbocycles. The van der Waals surface area contributed by atoms with Gasteiger partial charge in [-0.25, -0.2) is 9.37 Å². The number of carbonyl (C=O) groups is 1. The summed E-state index contributed by atoms with van der Waals surface area (Å²) in [7, 11) is 3.50. The number of benzene rings is 3. The predicted molar refractivity (Wildman–Crippen MR) is 179 cm³/mol. The molecule has 0 radical (unpaired) electrons. The van der Waals surface area contributed by atoms with E-state index in [1.807, 2.05) is 43.3 Å². The molecule has 0 aliphatic heterocycles. The minimum atomic E-state index is -0.529. The fraction of sp³-hybridized carbons (Fsp3) is 0.378. The summed E-state index contributed by atoms with van der Waals surface area (Å²) in [5, 5.41) is 23.2. The van der Waals surface area contributed by atoms with Crippen LogP contribution in [0.2, 0.25) is 0 Å². The molecule has 8 nitrogen and oxygen atoms in total. The van der Waals surface area contributed by atoms with Gasteiger partial charge in [-0.2, -0.15) is 5.26 Å². The Morgan fingerprint density at radius 3 is 2.65 bits per heavy atom. The first-order chi connectivity index (χ1) is 22.2.